The van der Waals surface area contributed by atoms with Crippen LogP contribution in [0, 0.1) is 22.7 Å². The van der Waals surface area contributed by atoms with Crippen LogP contribution in [0.1, 0.15) is 17.5 Å². The molecule has 3 rings (SSSR count). The topological polar surface area (TPSA) is 81.6 Å². The molecule has 0 radical (unpaired) electrons. The lowest BCUT2D eigenvalue weighted by atomic mass is 10.1. The number of rotatable bonds is 5. The lowest BCUT2D eigenvalue weighted by Gasteiger charge is -2.01. The molecule has 0 fully saturated rings. The maximum Gasteiger partial charge on any atom is 0.248 e. The van der Waals surface area contributed by atoms with Gasteiger partial charge in [-0.1, -0.05) is 24.3 Å². The highest BCUT2D eigenvalue weighted by molar-refractivity contribution is 6.03. The van der Waals surface area contributed by atoms with Crippen LogP contribution in [0.15, 0.2) is 60.8 Å². The molecule has 0 bridgehead atoms. The second-order valence-corrected chi connectivity index (χ2v) is 5.72. The third kappa shape index (κ3) is 3.80. The van der Waals surface area contributed by atoms with Crippen LogP contribution in [-0.4, -0.2) is 10.5 Å². The van der Waals surface area contributed by atoms with Crippen molar-refractivity contribution in [1.82, 2.24) is 4.57 Å². The van der Waals surface area contributed by atoms with E-state index in [1.54, 1.807) is 30.3 Å². The van der Waals surface area contributed by atoms with E-state index in [9.17, 15) is 4.79 Å². The Labute approximate surface area is 151 Å². The largest absolute Gasteiger partial charge is 0.346 e. The van der Waals surface area contributed by atoms with E-state index < -0.39 is 0 Å². The predicted octanol–water partition coefficient (Wildman–Crippen LogP) is 4.08. The lowest BCUT2D eigenvalue weighted by molar-refractivity contribution is -0.111. The number of aromatic nitrogens is 1. The Balaban J connectivity index is 1.80. The van der Waals surface area contributed by atoms with Gasteiger partial charge in [0.2, 0.25) is 5.91 Å². The zero-order chi connectivity index (χ0) is 18.4. The van der Waals surface area contributed by atoms with Gasteiger partial charge < -0.3 is 9.88 Å². The summed E-state index contributed by atoms with van der Waals surface area (Å²) in [4.78, 5) is 12.2. The highest BCUT2D eigenvalue weighted by atomic mass is 16.1. The van der Waals surface area contributed by atoms with Gasteiger partial charge in [0.15, 0.2) is 0 Å². The van der Waals surface area contributed by atoms with Gasteiger partial charge in [0.05, 0.1) is 24.1 Å². The van der Waals surface area contributed by atoms with Gasteiger partial charge in [-0.25, -0.2) is 0 Å². The SMILES string of the molecule is N#CCCn1cc(/C=C/C(=O)Nc2cccc(C#N)c2)c2ccccc21. The van der Waals surface area contributed by atoms with Crippen LogP contribution in [0.5, 0.6) is 0 Å². The molecule has 5 heteroatoms. The average Bonchev–Trinajstić information content (AvgIpc) is 3.03. The third-order valence-electron chi connectivity index (χ3n) is 3.96. The zero-order valence-electron chi connectivity index (χ0n) is 14.0. The molecule has 0 atom stereocenters. The van der Waals surface area contributed by atoms with Gasteiger partial charge in [-0.2, -0.15) is 10.5 Å². The van der Waals surface area contributed by atoms with Gasteiger partial charge in [-0.05, 0) is 30.3 Å². The molecule has 0 unspecified atom stereocenters. The number of carbonyl (C=O) groups excluding carboxylic acids is 1. The second-order valence-electron chi connectivity index (χ2n) is 5.72. The first-order valence-electron chi connectivity index (χ1n) is 8.15. The van der Waals surface area contributed by atoms with Crippen molar-refractivity contribution in [3.05, 3.63) is 71.9 Å². The lowest BCUT2D eigenvalue weighted by Crippen LogP contribution is -2.07. The number of anilines is 1. The van der Waals surface area contributed by atoms with Crippen LogP contribution in [0.2, 0.25) is 0 Å². The fourth-order valence-electron chi connectivity index (χ4n) is 2.78. The van der Waals surface area contributed by atoms with Crippen molar-refractivity contribution in [2.75, 3.05) is 5.32 Å². The summed E-state index contributed by atoms with van der Waals surface area (Å²) in [5.74, 6) is -0.269. The molecule has 1 heterocycles. The Hall–Kier alpha value is -3.83. The summed E-state index contributed by atoms with van der Waals surface area (Å²) in [6.07, 6.45) is 5.60. The fraction of sp³-hybridized carbons (Fsp3) is 0.0952. The van der Waals surface area contributed by atoms with E-state index >= 15 is 0 Å². The van der Waals surface area contributed by atoms with Crippen LogP contribution >= 0.6 is 0 Å². The van der Waals surface area contributed by atoms with Crippen molar-refractivity contribution in [2.45, 2.75) is 13.0 Å². The minimum Gasteiger partial charge on any atom is -0.346 e. The normalized spacial score (nSPS) is 10.5. The number of amides is 1. The molecule has 1 N–H and O–H groups in total. The Bertz CT molecular complexity index is 1060. The Morgan fingerprint density at radius 3 is 2.81 bits per heavy atom. The highest BCUT2D eigenvalue weighted by Gasteiger charge is 2.06. The molecule has 0 aliphatic heterocycles. The molecule has 126 valence electrons. The summed E-state index contributed by atoms with van der Waals surface area (Å²) < 4.78 is 2.02. The summed E-state index contributed by atoms with van der Waals surface area (Å²) in [6, 6.07) is 18.8. The number of hydrogen-bond acceptors (Lipinski definition) is 3. The maximum atomic E-state index is 12.2. The van der Waals surface area contributed by atoms with Crippen molar-refractivity contribution < 1.29 is 4.79 Å². The molecule has 1 aromatic heterocycles. The second kappa shape index (κ2) is 7.83. The molecule has 0 aliphatic carbocycles. The molecule has 5 nitrogen and oxygen atoms in total. The first kappa shape index (κ1) is 17.0. The highest BCUT2D eigenvalue weighted by Crippen LogP contribution is 2.23. The molecule has 1 amide bonds. The van der Waals surface area contributed by atoms with Gasteiger partial charge in [-0.3, -0.25) is 4.79 Å². The number of nitriles is 2. The standard InChI is InChI=1S/C21H16N4O/c22-11-4-12-25-15-17(19-7-1-2-8-20(19)25)9-10-21(26)24-18-6-3-5-16(13-18)14-23/h1-3,5-10,13,15H,4,12H2,(H,24,26)/b10-9+. The van der Waals surface area contributed by atoms with E-state index in [0.717, 1.165) is 16.5 Å². The summed E-state index contributed by atoms with van der Waals surface area (Å²) in [7, 11) is 0. The van der Waals surface area contributed by atoms with E-state index in [4.69, 9.17) is 10.5 Å². The maximum absolute atomic E-state index is 12.2. The van der Waals surface area contributed by atoms with Crippen LogP contribution in [0.4, 0.5) is 5.69 Å². The molecule has 2 aromatic carbocycles. The van der Waals surface area contributed by atoms with Gasteiger partial charge in [0, 0.05) is 41.0 Å². The zero-order valence-corrected chi connectivity index (χ0v) is 14.0. The van der Waals surface area contributed by atoms with Crippen LogP contribution in [-0.2, 0) is 11.3 Å². The van der Waals surface area contributed by atoms with Gasteiger partial charge in [0.25, 0.3) is 0 Å². The smallest absolute Gasteiger partial charge is 0.248 e. The van der Waals surface area contributed by atoms with Crippen molar-refractivity contribution in [3.63, 3.8) is 0 Å². The van der Waals surface area contributed by atoms with E-state index in [-0.39, 0.29) is 5.91 Å². The predicted molar refractivity (Wildman–Crippen MR) is 101 cm³/mol. The van der Waals surface area contributed by atoms with E-state index in [1.165, 1.54) is 6.08 Å². The first-order valence-corrected chi connectivity index (χ1v) is 8.15. The summed E-state index contributed by atoms with van der Waals surface area (Å²) in [5, 5.41) is 21.5. The number of carbonyl (C=O) groups is 1. The summed E-state index contributed by atoms with van der Waals surface area (Å²) >= 11 is 0. The number of benzene rings is 2. The number of aryl methyl sites for hydroxylation is 1. The molecule has 3 aromatic rings. The number of fused-ring (bicyclic) bond motifs is 1. The molecule has 26 heavy (non-hydrogen) atoms. The van der Waals surface area contributed by atoms with E-state index in [2.05, 4.69) is 11.4 Å². The van der Waals surface area contributed by atoms with Gasteiger partial charge >= 0.3 is 0 Å². The van der Waals surface area contributed by atoms with Gasteiger partial charge in [-0.15, -0.1) is 0 Å². The third-order valence-corrected chi connectivity index (χ3v) is 3.96. The van der Waals surface area contributed by atoms with Crippen LogP contribution in [0.25, 0.3) is 17.0 Å². The molecular formula is C21H16N4O. The van der Waals surface area contributed by atoms with Crippen molar-refractivity contribution >= 4 is 28.6 Å². The summed E-state index contributed by atoms with van der Waals surface area (Å²) in [6.45, 7) is 0.609. The Morgan fingerprint density at radius 2 is 2.00 bits per heavy atom. The minimum absolute atomic E-state index is 0.269. The van der Waals surface area contributed by atoms with Gasteiger partial charge in [0.1, 0.15) is 0 Å². The van der Waals surface area contributed by atoms with Crippen LogP contribution < -0.4 is 5.32 Å². The Kier molecular flexibility index (Phi) is 5.12. The Morgan fingerprint density at radius 1 is 1.15 bits per heavy atom. The molecule has 0 spiro atoms. The summed E-state index contributed by atoms with van der Waals surface area (Å²) in [5.41, 5.74) is 3.02. The quantitative estimate of drug-likeness (QED) is 0.711. The van der Waals surface area contributed by atoms with E-state index in [1.807, 2.05) is 41.1 Å². The van der Waals surface area contributed by atoms with E-state index in [0.29, 0.717) is 24.2 Å². The average molecular weight is 340 g/mol. The van der Waals surface area contributed by atoms with Crippen molar-refractivity contribution in [2.24, 2.45) is 0 Å². The number of para-hydroxylation sites is 1. The monoisotopic (exact) mass is 340 g/mol. The molecule has 0 saturated carbocycles. The molecule has 0 saturated heterocycles. The molecule has 0 aliphatic rings. The molecular weight excluding hydrogens is 324 g/mol. The van der Waals surface area contributed by atoms with Crippen LogP contribution in [0.3, 0.4) is 0 Å². The number of nitrogens with zero attached hydrogens (tertiary/aromatic N) is 3. The first-order chi connectivity index (χ1) is 12.7. The number of hydrogen-bond donors (Lipinski definition) is 1. The fourth-order valence-corrected chi connectivity index (χ4v) is 2.78. The minimum atomic E-state index is -0.269. The number of nitrogens with one attached hydrogen (secondary N) is 1. The van der Waals surface area contributed by atoms with Crippen molar-refractivity contribution in [3.8, 4) is 12.1 Å². The van der Waals surface area contributed by atoms with Crippen molar-refractivity contribution in [1.29, 1.82) is 10.5 Å².